The molecule has 0 fully saturated rings. The van der Waals surface area contributed by atoms with E-state index in [0.717, 1.165) is 4.90 Å². The fraction of sp³-hybridized carbons (Fsp3) is 0.300. The summed E-state index contributed by atoms with van der Waals surface area (Å²) in [5, 5.41) is 4.93. The molecule has 1 heterocycles. The lowest BCUT2D eigenvalue weighted by atomic mass is 9.97. The van der Waals surface area contributed by atoms with E-state index in [1.54, 1.807) is 0 Å². The van der Waals surface area contributed by atoms with E-state index < -0.39 is 22.1 Å². The van der Waals surface area contributed by atoms with Gasteiger partial charge in [0.2, 0.25) is 5.75 Å². The Bertz CT molecular complexity index is 1150. The number of fused-ring (bicyclic) bond motifs is 1. The number of methoxy groups -OCH3 is 4. The Balaban J connectivity index is 1.99. The van der Waals surface area contributed by atoms with Crippen molar-refractivity contribution in [2.45, 2.75) is 6.42 Å². The fourth-order valence-corrected chi connectivity index (χ4v) is 3.77. The number of hydrogen-bond acceptors (Lipinski definition) is 9. The van der Waals surface area contributed by atoms with E-state index in [4.69, 9.17) is 28.3 Å². The molecule has 0 saturated heterocycles. The van der Waals surface area contributed by atoms with Crippen LogP contribution in [-0.4, -0.2) is 60.1 Å². The van der Waals surface area contributed by atoms with Crippen molar-refractivity contribution in [3.8, 4) is 28.7 Å². The summed E-state index contributed by atoms with van der Waals surface area (Å²) in [6.45, 7) is 0.0580. The van der Waals surface area contributed by atoms with Gasteiger partial charge in [0.1, 0.15) is 0 Å². The van der Waals surface area contributed by atoms with Gasteiger partial charge in [-0.05, 0) is 36.2 Å². The van der Waals surface area contributed by atoms with E-state index >= 15 is 0 Å². The topological polar surface area (TPSA) is 144 Å². The molecule has 11 nitrogen and oxygen atoms in total. The highest BCUT2D eigenvalue weighted by Crippen LogP contribution is 2.39. The number of amides is 2. The molecule has 1 aliphatic rings. The Labute approximate surface area is 184 Å². The zero-order valence-electron chi connectivity index (χ0n) is 17.8. The molecule has 0 atom stereocenters. The lowest BCUT2D eigenvalue weighted by molar-refractivity contribution is 0.0604. The number of hydrogen-bond donors (Lipinski definition) is 1. The van der Waals surface area contributed by atoms with Crippen molar-refractivity contribution in [2.75, 3.05) is 35.0 Å². The first-order valence-electron chi connectivity index (χ1n) is 9.22. The second-order valence-corrected chi connectivity index (χ2v) is 7.81. The summed E-state index contributed by atoms with van der Waals surface area (Å²) in [5.74, 6) is -0.458. The largest absolute Gasteiger partial charge is 0.493 e. The first kappa shape index (κ1) is 23.2. The third-order valence-corrected chi connectivity index (χ3v) is 5.24. The van der Waals surface area contributed by atoms with Gasteiger partial charge in [-0.2, -0.15) is 13.6 Å². The molecular weight excluding hydrogens is 444 g/mol. The summed E-state index contributed by atoms with van der Waals surface area (Å²) in [7, 11) is 1.26. The molecule has 3 rings (SSSR count). The van der Waals surface area contributed by atoms with Gasteiger partial charge in [-0.25, -0.2) is 0 Å². The summed E-state index contributed by atoms with van der Waals surface area (Å²) < 4.78 is 48.3. The van der Waals surface area contributed by atoms with Gasteiger partial charge < -0.3 is 23.1 Å². The zero-order chi connectivity index (χ0) is 23.6. The molecule has 32 heavy (non-hydrogen) atoms. The summed E-state index contributed by atoms with van der Waals surface area (Å²) >= 11 is 0. The van der Waals surface area contributed by atoms with Gasteiger partial charge in [0.25, 0.3) is 11.8 Å². The van der Waals surface area contributed by atoms with Gasteiger partial charge in [0.15, 0.2) is 23.0 Å². The summed E-state index contributed by atoms with van der Waals surface area (Å²) in [5.41, 5.74) is 0.830. The monoisotopic (exact) mass is 466 g/mol. The molecule has 0 bridgehead atoms. The summed E-state index contributed by atoms with van der Waals surface area (Å²) in [6.07, 6.45) is 0.266. The molecule has 172 valence electrons. The molecule has 1 aliphatic heterocycles. The molecule has 2 aromatic rings. The standard InChI is InChI=1S/C20H22N2O9S/c1-27-14-10-13-11(7-15(14)31-32(21,25)26)5-6-22(20(13)24)19(23)12-8-16(28-2)18(30-4)17(9-12)29-3/h7-10H,5-6H2,1-4H3,(H2,21,25,26). The van der Waals surface area contributed by atoms with Crippen molar-refractivity contribution < 1.29 is 41.1 Å². The van der Waals surface area contributed by atoms with Gasteiger partial charge in [0, 0.05) is 17.7 Å². The van der Waals surface area contributed by atoms with Crippen molar-refractivity contribution in [1.82, 2.24) is 4.90 Å². The number of benzene rings is 2. The minimum Gasteiger partial charge on any atom is -0.493 e. The van der Waals surface area contributed by atoms with Gasteiger partial charge in [-0.1, -0.05) is 0 Å². The molecule has 0 aromatic heterocycles. The molecule has 2 amide bonds. The van der Waals surface area contributed by atoms with Crippen LogP contribution in [0.4, 0.5) is 0 Å². The van der Waals surface area contributed by atoms with Crippen LogP contribution in [0.1, 0.15) is 26.3 Å². The number of nitrogens with zero attached hydrogens (tertiary/aromatic N) is 1. The molecule has 0 radical (unpaired) electrons. The molecule has 0 unspecified atom stereocenters. The highest BCUT2D eigenvalue weighted by molar-refractivity contribution is 7.84. The van der Waals surface area contributed by atoms with Crippen LogP contribution in [0.15, 0.2) is 24.3 Å². The third-order valence-electron chi connectivity index (χ3n) is 4.83. The Morgan fingerprint density at radius 2 is 1.50 bits per heavy atom. The number of nitrogens with two attached hydrogens (primary N) is 1. The van der Waals surface area contributed by atoms with E-state index in [9.17, 15) is 18.0 Å². The maximum atomic E-state index is 13.2. The average molecular weight is 466 g/mol. The van der Waals surface area contributed by atoms with Crippen LogP contribution in [0.3, 0.4) is 0 Å². The van der Waals surface area contributed by atoms with E-state index in [1.165, 1.54) is 52.7 Å². The molecule has 0 aliphatic carbocycles. The Morgan fingerprint density at radius 3 is 2.00 bits per heavy atom. The van der Waals surface area contributed by atoms with E-state index in [1.807, 2.05) is 0 Å². The van der Waals surface area contributed by atoms with Crippen LogP contribution >= 0.6 is 0 Å². The smallest absolute Gasteiger partial charge is 0.380 e. The lowest BCUT2D eigenvalue weighted by Gasteiger charge is -2.28. The molecule has 0 spiro atoms. The number of rotatable bonds is 7. The lowest BCUT2D eigenvalue weighted by Crippen LogP contribution is -2.42. The number of ether oxygens (including phenoxy) is 4. The van der Waals surface area contributed by atoms with Crippen LogP contribution in [-0.2, 0) is 16.7 Å². The van der Waals surface area contributed by atoms with E-state index in [2.05, 4.69) is 0 Å². The number of carbonyl (C=O) groups is 2. The van der Waals surface area contributed by atoms with Gasteiger partial charge in [0.05, 0.1) is 28.4 Å². The van der Waals surface area contributed by atoms with E-state index in [-0.39, 0.29) is 47.1 Å². The fourth-order valence-electron chi connectivity index (χ4n) is 3.39. The van der Waals surface area contributed by atoms with Crippen molar-refractivity contribution in [1.29, 1.82) is 0 Å². The minimum atomic E-state index is -4.29. The second kappa shape index (κ2) is 8.93. The molecular formula is C20H22N2O9S. The minimum absolute atomic E-state index is 0.0202. The number of imide groups is 1. The van der Waals surface area contributed by atoms with Crippen molar-refractivity contribution in [3.63, 3.8) is 0 Å². The zero-order valence-corrected chi connectivity index (χ0v) is 18.6. The van der Waals surface area contributed by atoms with Crippen LogP contribution in [0.25, 0.3) is 0 Å². The Kier molecular flexibility index (Phi) is 6.46. The van der Waals surface area contributed by atoms with Crippen LogP contribution < -0.4 is 28.3 Å². The molecule has 0 saturated carbocycles. The normalized spacial score (nSPS) is 13.3. The number of carbonyl (C=O) groups excluding carboxylic acids is 2. The van der Waals surface area contributed by atoms with Gasteiger partial charge in [-0.3, -0.25) is 14.5 Å². The van der Waals surface area contributed by atoms with Crippen LogP contribution in [0.2, 0.25) is 0 Å². The summed E-state index contributed by atoms with van der Waals surface area (Å²) in [6, 6.07) is 5.58. The van der Waals surface area contributed by atoms with Crippen molar-refractivity contribution in [3.05, 3.63) is 41.0 Å². The first-order chi connectivity index (χ1) is 15.1. The molecule has 12 heteroatoms. The highest BCUT2D eigenvalue weighted by Gasteiger charge is 2.32. The predicted molar refractivity (Wildman–Crippen MR) is 112 cm³/mol. The predicted octanol–water partition coefficient (Wildman–Crippen LogP) is 1.14. The third kappa shape index (κ3) is 4.41. The average Bonchev–Trinajstić information content (AvgIpc) is 2.76. The molecule has 2 N–H and O–H groups in total. The maximum Gasteiger partial charge on any atom is 0.380 e. The highest BCUT2D eigenvalue weighted by atomic mass is 32.2. The Hall–Kier alpha value is -3.51. The Morgan fingerprint density at radius 1 is 0.906 bits per heavy atom. The first-order valence-corrected chi connectivity index (χ1v) is 10.7. The van der Waals surface area contributed by atoms with Gasteiger partial charge >= 0.3 is 10.3 Å². The van der Waals surface area contributed by atoms with Crippen LogP contribution in [0, 0.1) is 0 Å². The van der Waals surface area contributed by atoms with Crippen molar-refractivity contribution in [2.24, 2.45) is 5.14 Å². The SMILES string of the molecule is COc1cc2c(cc1OS(N)(=O)=O)CCN(C(=O)c1cc(OC)c(OC)c(OC)c1)C2=O. The van der Waals surface area contributed by atoms with Crippen LogP contribution in [0.5, 0.6) is 28.7 Å². The second-order valence-electron chi connectivity index (χ2n) is 6.66. The molecule has 2 aromatic carbocycles. The quantitative estimate of drug-likeness (QED) is 0.594. The summed E-state index contributed by atoms with van der Waals surface area (Å²) in [4.78, 5) is 27.3. The van der Waals surface area contributed by atoms with Crippen molar-refractivity contribution >= 4 is 22.1 Å². The van der Waals surface area contributed by atoms with Gasteiger partial charge in [-0.15, -0.1) is 0 Å². The van der Waals surface area contributed by atoms with E-state index in [0.29, 0.717) is 11.3 Å². The maximum absolute atomic E-state index is 13.2.